The van der Waals surface area contributed by atoms with Gasteiger partial charge in [-0.2, -0.15) is 0 Å². The molecule has 0 radical (unpaired) electrons. The minimum atomic E-state index is -0.391. The van der Waals surface area contributed by atoms with E-state index in [1.165, 1.54) is 25.7 Å². The molecule has 2 saturated carbocycles. The first-order valence-electron chi connectivity index (χ1n) is 7.89. The number of aliphatic hydroxyl groups is 1. The van der Waals surface area contributed by atoms with Gasteiger partial charge >= 0.3 is 0 Å². The predicted octanol–water partition coefficient (Wildman–Crippen LogP) is 3.52. The van der Waals surface area contributed by atoms with E-state index < -0.39 is 5.60 Å². The number of rotatable bonds is 1. The van der Waals surface area contributed by atoms with Crippen LogP contribution in [0.1, 0.15) is 65.2 Å². The fraction of sp³-hybridized carbons (Fsp3) is 1.00. The first kappa shape index (κ1) is 12.9. The third-order valence-corrected chi connectivity index (χ3v) is 6.20. The van der Waals surface area contributed by atoms with Crippen molar-refractivity contribution in [2.24, 2.45) is 17.8 Å². The lowest BCUT2D eigenvalue weighted by Gasteiger charge is -2.53. The fourth-order valence-electron chi connectivity index (χ4n) is 4.40. The Balaban J connectivity index is 1.69. The lowest BCUT2D eigenvalue weighted by Crippen LogP contribution is -2.53. The van der Waals surface area contributed by atoms with Crippen molar-refractivity contribution in [3.05, 3.63) is 0 Å². The molecule has 1 heterocycles. The largest absolute Gasteiger partial charge is 0.390 e. The summed E-state index contributed by atoms with van der Waals surface area (Å²) in [5, 5.41) is 11.1. The molecule has 0 aromatic carbocycles. The van der Waals surface area contributed by atoms with Gasteiger partial charge in [-0.05, 0) is 69.1 Å². The van der Waals surface area contributed by atoms with E-state index in [2.05, 4.69) is 13.8 Å². The van der Waals surface area contributed by atoms with Gasteiger partial charge in [-0.25, -0.2) is 0 Å². The molecule has 3 aliphatic rings. The molecular weight excluding hydrogens is 224 g/mol. The first-order valence-corrected chi connectivity index (χ1v) is 7.89. The second kappa shape index (κ2) is 4.49. The lowest BCUT2D eigenvalue weighted by atomic mass is 9.62. The Morgan fingerprint density at radius 2 is 1.78 bits per heavy atom. The summed E-state index contributed by atoms with van der Waals surface area (Å²) >= 11 is 0. The SMILES string of the molecule is CC1CCC(O)(C2CCOC3(CCC3)C2)CC1C. The van der Waals surface area contributed by atoms with Crippen LogP contribution < -0.4 is 0 Å². The molecule has 18 heavy (non-hydrogen) atoms. The molecule has 0 amide bonds. The van der Waals surface area contributed by atoms with Crippen LogP contribution in [-0.4, -0.2) is 22.9 Å². The second-order valence-corrected chi connectivity index (χ2v) is 7.38. The van der Waals surface area contributed by atoms with Gasteiger partial charge in [0.05, 0.1) is 11.2 Å². The standard InChI is InChI=1S/C16H28O2/c1-12-4-8-16(17,10-13(12)2)14-5-9-18-15(11-14)6-3-7-15/h12-14,17H,3-11H2,1-2H3. The van der Waals surface area contributed by atoms with E-state index in [0.717, 1.165) is 38.2 Å². The molecule has 2 aliphatic carbocycles. The molecule has 1 saturated heterocycles. The summed E-state index contributed by atoms with van der Waals surface area (Å²) in [7, 11) is 0. The van der Waals surface area contributed by atoms with Gasteiger partial charge in [0.1, 0.15) is 0 Å². The van der Waals surface area contributed by atoms with Crippen LogP contribution >= 0.6 is 0 Å². The molecule has 2 nitrogen and oxygen atoms in total. The third kappa shape index (κ3) is 2.12. The summed E-state index contributed by atoms with van der Waals surface area (Å²) < 4.78 is 6.00. The number of hydrogen-bond acceptors (Lipinski definition) is 2. The minimum Gasteiger partial charge on any atom is -0.390 e. The zero-order valence-electron chi connectivity index (χ0n) is 12.0. The Hall–Kier alpha value is -0.0800. The van der Waals surface area contributed by atoms with Crippen molar-refractivity contribution in [1.82, 2.24) is 0 Å². The van der Waals surface area contributed by atoms with Crippen molar-refractivity contribution >= 4 is 0 Å². The van der Waals surface area contributed by atoms with Crippen LogP contribution in [0.4, 0.5) is 0 Å². The van der Waals surface area contributed by atoms with Gasteiger partial charge in [-0.3, -0.25) is 0 Å². The van der Waals surface area contributed by atoms with Crippen molar-refractivity contribution in [3.8, 4) is 0 Å². The van der Waals surface area contributed by atoms with E-state index in [9.17, 15) is 5.11 Å². The molecule has 4 atom stereocenters. The van der Waals surface area contributed by atoms with Gasteiger partial charge in [0, 0.05) is 6.61 Å². The molecule has 0 bridgehead atoms. The first-order chi connectivity index (χ1) is 8.53. The van der Waals surface area contributed by atoms with E-state index in [1.54, 1.807) is 0 Å². The van der Waals surface area contributed by atoms with E-state index >= 15 is 0 Å². The van der Waals surface area contributed by atoms with Crippen LogP contribution in [0.5, 0.6) is 0 Å². The van der Waals surface area contributed by atoms with Crippen molar-refractivity contribution in [2.75, 3.05) is 6.61 Å². The van der Waals surface area contributed by atoms with Gasteiger partial charge in [-0.15, -0.1) is 0 Å². The molecule has 4 unspecified atom stereocenters. The highest BCUT2D eigenvalue weighted by molar-refractivity contribution is 5.01. The van der Waals surface area contributed by atoms with Crippen LogP contribution in [-0.2, 0) is 4.74 Å². The van der Waals surface area contributed by atoms with Crippen LogP contribution in [0, 0.1) is 17.8 Å². The molecule has 0 aromatic rings. The molecule has 104 valence electrons. The van der Waals surface area contributed by atoms with Gasteiger partial charge < -0.3 is 9.84 Å². The zero-order chi connectivity index (χ0) is 12.8. The third-order valence-electron chi connectivity index (χ3n) is 6.20. The number of hydrogen-bond donors (Lipinski definition) is 1. The average molecular weight is 252 g/mol. The molecule has 1 spiro atoms. The topological polar surface area (TPSA) is 29.5 Å². The molecule has 3 rings (SSSR count). The molecule has 1 aliphatic heterocycles. The van der Waals surface area contributed by atoms with Crippen LogP contribution in [0.15, 0.2) is 0 Å². The van der Waals surface area contributed by atoms with Crippen molar-refractivity contribution in [3.63, 3.8) is 0 Å². The van der Waals surface area contributed by atoms with Gasteiger partial charge in [0.2, 0.25) is 0 Å². The van der Waals surface area contributed by atoms with Crippen molar-refractivity contribution in [1.29, 1.82) is 0 Å². The normalized spacial score (nSPS) is 47.8. The molecule has 3 fully saturated rings. The predicted molar refractivity (Wildman–Crippen MR) is 72.4 cm³/mol. The van der Waals surface area contributed by atoms with E-state index in [1.807, 2.05) is 0 Å². The van der Waals surface area contributed by atoms with E-state index in [0.29, 0.717) is 11.8 Å². The van der Waals surface area contributed by atoms with Crippen LogP contribution in [0.3, 0.4) is 0 Å². The average Bonchev–Trinajstić information content (AvgIpc) is 2.33. The Kier molecular flexibility index (Phi) is 3.22. The minimum absolute atomic E-state index is 0.172. The highest BCUT2D eigenvalue weighted by Crippen LogP contribution is 2.50. The summed E-state index contributed by atoms with van der Waals surface area (Å²) in [6.07, 6.45) is 9.18. The number of ether oxygens (including phenoxy) is 1. The quantitative estimate of drug-likeness (QED) is 0.773. The van der Waals surface area contributed by atoms with Crippen molar-refractivity contribution in [2.45, 2.75) is 76.4 Å². The highest BCUT2D eigenvalue weighted by atomic mass is 16.5. The summed E-state index contributed by atoms with van der Waals surface area (Å²) in [6, 6.07) is 0. The maximum absolute atomic E-state index is 11.1. The van der Waals surface area contributed by atoms with E-state index in [-0.39, 0.29) is 5.60 Å². The maximum atomic E-state index is 11.1. The summed E-state index contributed by atoms with van der Waals surface area (Å²) in [5.41, 5.74) is -0.219. The summed E-state index contributed by atoms with van der Waals surface area (Å²) in [6.45, 7) is 5.52. The van der Waals surface area contributed by atoms with Gasteiger partial charge in [-0.1, -0.05) is 13.8 Å². The highest BCUT2D eigenvalue weighted by Gasteiger charge is 2.50. The van der Waals surface area contributed by atoms with Gasteiger partial charge in [0.25, 0.3) is 0 Å². The monoisotopic (exact) mass is 252 g/mol. The van der Waals surface area contributed by atoms with Crippen molar-refractivity contribution < 1.29 is 9.84 Å². The zero-order valence-corrected chi connectivity index (χ0v) is 12.0. The van der Waals surface area contributed by atoms with Crippen LogP contribution in [0.25, 0.3) is 0 Å². The van der Waals surface area contributed by atoms with E-state index in [4.69, 9.17) is 4.74 Å². The maximum Gasteiger partial charge on any atom is 0.0686 e. The second-order valence-electron chi connectivity index (χ2n) is 7.38. The summed E-state index contributed by atoms with van der Waals surface area (Å²) in [5.74, 6) is 1.94. The smallest absolute Gasteiger partial charge is 0.0686 e. The fourth-order valence-corrected chi connectivity index (χ4v) is 4.40. The molecular formula is C16H28O2. The molecule has 2 heteroatoms. The Bertz CT molecular complexity index is 310. The van der Waals surface area contributed by atoms with Gasteiger partial charge in [0.15, 0.2) is 0 Å². The Morgan fingerprint density at radius 1 is 1.00 bits per heavy atom. The van der Waals surface area contributed by atoms with Crippen LogP contribution in [0.2, 0.25) is 0 Å². The Morgan fingerprint density at radius 3 is 2.39 bits per heavy atom. The lowest BCUT2D eigenvalue weighted by molar-refractivity contribution is -0.185. The Labute approximate surface area is 111 Å². The molecule has 1 N–H and O–H groups in total. The summed E-state index contributed by atoms with van der Waals surface area (Å²) in [4.78, 5) is 0. The molecule has 0 aromatic heterocycles.